The summed E-state index contributed by atoms with van der Waals surface area (Å²) in [7, 11) is -3.18. The number of ether oxygens (including phenoxy) is 1. The number of hydrogen-bond donors (Lipinski definition) is 0. The van der Waals surface area contributed by atoms with E-state index < -0.39 is 21.6 Å². The van der Waals surface area contributed by atoms with E-state index in [9.17, 15) is 17.6 Å². The zero-order valence-electron chi connectivity index (χ0n) is 12.0. The summed E-state index contributed by atoms with van der Waals surface area (Å²) in [5, 5.41) is 0. The van der Waals surface area contributed by atoms with Crippen molar-refractivity contribution in [2.45, 2.75) is 12.4 Å². The summed E-state index contributed by atoms with van der Waals surface area (Å²) in [5.41, 5.74) is 1.02. The number of carbonyl (C=O) groups excluding carboxylic acids is 1. The molecule has 0 radical (unpaired) electrons. The largest absolute Gasteiger partial charge is 0.457 e. The zero-order valence-corrected chi connectivity index (χ0v) is 12.8. The molecule has 116 valence electrons. The molecular weight excluding hydrogens is 307 g/mol. The normalized spacial score (nSPS) is 11.2. The van der Waals surface area contributed by atoms with Gasteiger partial charge < -0.3 is 4.74 Å². The average molecular weight is 322 g/mol. The standard InChI is InChI=1S/C16H15FO4S/c1-22(19,20)11-12-5-4-7-13(9-12)16(18)21-10-14-6-2-3-8-15(14)17/h2-9H,10-11H2,1H3. The number of carbonyl (C=O) groups is 1. The minimum absolute atomic E-state index is 0.151. The van der Waals surface area contributed by atoms with Crippen molar-refractivity contribution in [3.05, 3.63) is 71.0 Å². The molecule has 0 saturated carbocycles. The van der Waals surface area contributed by atoms with Crippen molar-refractivity contribution < 1.29 is 22.3 Å². The molecule has 0 saturated heterocycles. The Morgan fingerprint density at radius 1 is 1.14 bits per heavy atom. The van der Waals surface area contributed by atoms with Gasteiger partial charge >= 0.3 is 5.97 Å². The summed E-state index contributed by atoms with van der Waals surface area (Å²) < 4.78 is 41.0. The van der Waals surface area contributed by atoms with Gasteiger partial charge in [0.05, 0.1) is 11.3 Å². The fourth-order valence-electron chi connectivity index (χ4n) is 1.93. The molecule has 2 aromatic rings. The highest BCUT2D eigenvalue weighted by Crippen LogP contribution is 2.12. The lowest BCUT2D eigenvalue weighted by atomic mass is 10.1. The Hall–Kier alpha value is -2.21. The van der Waals surface area contributed by atoms with E-state index in [1.807, 2.05) is 0 Å². The molecule has 22 heavy (non-hydrogen) atoms. The summed E-state index contributed by atoms with van der Waals surface area (Å²) >= 11 is 0. The molecule has 0 N–H and O–H groups in total. The quantitative estimate of drug-likeness (QED) is 0.794. The second kappa shape index (κ2) is 6.70. The van der Waals surface area contributed by atoms with Gasteiger partial charge in [0.15, 0.2) is 9.84 Å². The summed E-state index contributed by atoms with van der Waals surface area (Å²) in [4.78, 5) is 12.0. The summed E-state index contributed by atoms with van der Waals surface area (Å²) in [6, 6.07) is 12.2. The van der Waals surface area contributed by atoms with Crippen LogP contribution < -0.4 is 0 Å². The maximum absolute atomic E-state index is 13.4. The van der Waals surface area contributed by atoms with Crippen LogP contribution in [-0.4, -0.2) is 20.6 Å². The van der Waals surface area contributed by atoms with Gasteiger partial charge in [0.25, 0.3) is 0 Å². The zero-order chi connectivity index (χ0) is 16.2. The van der Waals surface area contributed by atoms with E-state index in [0.29, 0.717) is 5.56 Å². The lowest BCUT2D eigenvalue weighted by Gasteiger charge is -2.07. The Labute approximate surface area is 128 Å². The Morgan fingerprint density at radius 3 is 2.55 bits per heavy atom. The maximum atomic E-state index is 13.4. The van der Waals surface area contributed by atoms with E-state index in [-0.39, 0.29) is 23.5 Å². The van der Waals surface area contributed by atoms with Crippen LogP contribution in [-0.2, 0) is 26.9 Å². The van der Waals surface area contributed by atoms with Gasteiger partial charge in [-0.25, -0.2) is 17.6 Å². The molecule has 2 rings (SSSR count). The fourth-order valence-corrected chi connectivity index (χ4v) is 2.72. The van der Waals surface area contributed by atoms with Gasteiger partial charge in [-0.05, 0) is 23.8 Å². The topological polar surface area (TPSA) is 60.4 Å². The Balaban J connectivity index is 2.07. The van der Waals surface area contributed by atoms with Crippen molar-refractivity contribution in [1.29, 1.82) is 0 Å². The van der Waals surface area contributed by atoms with Crippen LogP contribution in [0.4, 0.5) is 4.39 Å². The summed E-state index contributed by atoms with van der Waals surface area (Å²) in [6.45, 7) is -0.179. The van der Waals surface area contributed by atoms with Crippen molar-refractivity contribution in [1.82, 2.24) is 0 Å². The van der Waals surface area contributed by atoms with E-state index in [4.69, 9.17) is 4.74 Å². The first kappa shape index (κ1) is 16.2. The van der Waals surface area contributed by atoms with Crippen LogP contribution in [0.3, 0.4) is 0 Å². The second-order valence-electron chi connectivity index (χ2n) is 4.94. The highest BCUT2D eigenvalue weighted by molar-refractivity contribution is 7.89. The number of halogens is 1. The van der Waals surface area contributed by atoms with Gasteiger partial charge in [0, 0.05) is 11.8 Å². The smallest absolute Gasteiger partial charge is 0.338 e. The Morgan fingerprint density at radius 2 is 1.86 bits per heavy atom. The summed E-state index contributed by atoms with van der Waals surface area (Å²) in [6.07, 6.45) is 1.12. The third kappa shape index (κ3) is 4.66. The number of esters is 1. The lowest BCUT2D eigenvalue weighted by Crippen LogP contribution is -2.07. The molecule has 0 fully saturated rings. The fraction of sp³-hybridized carbons (Fsp3) is 0.188. The van der Waals surface area contributed by atoms with E-state index in [1.54, 1.807) is 24.3 Å². The van der Waals surface area contributed by atoms with E-state index in [0.717, 1.165) is 6.26 Å². The minimum atomic E-state index is -3.18. The first-order valence-electron chi connectivity index (χ1n) is 6.52. The van der Waals surface area contributed by atoms with Crippen molar-refractivity contribution in [3.63, 3.8) is 0 Å². The molecule has 0 bridgehead atoms. The van der Waals surface area contributed by atoms with Gasteiger partial charge in [-0.3, -0.25) is 0 Å². The monoisotopic (exact) mass is 322 g/mol. The van der Waals surface area contributed by atoms with Crippen LogP contribution in [0.5, 0.6) is 0 Å². The maximum Gasteiger partial charge on any atom is 0.338 e. The lowest BCUT2D eigenvalue weighted by molar-refractivity contribution is 0.0469. The van der Waals surface area contributed by atoms with Crippen LogP contribution in [0.2, 0.25) is 0 Å². The van der Waals surface area contributed by atoms with Crippen molar-refractivity contribution >= 4 is 15.8 Å². The molecule has 0 aromatic heterocycles. The molecule has 0 amide bonds. The van der Waals surface area contributed by atoms with Crippen LogP contribution in [0, 0.1) is 5.82 Å². The van der Waals surface area contributed by atoms with E-state index in [1.165, 1.54) is 24.3 Å². The first-order valence-corrected chi connectivity index (χ1v) is 8.58. The molecule has 0 aliphatic heterocycles. The third-order valence-corrected chi connectivity index (χ3v) is 3.77. The van der Waals surface area contributed by atoms with Gasteiger partial charge in [0.1, 0.15) is 12.4 Å². The molecule has 2 aromatic carbocycles. The van der Waals surface area contributed by atoms with Crippen molar-refractivity contribution in [3.8, 4) is 0 Å². The Kier molecular flexibility index (Phi) is 4.92. The number of hydrogen-bond acceptors (Lipinski definition) is 4. The highest BCUT2D eigenvalue weighted by atomic mass is 32.2. The molecular formula is C16H15FO4S. The molecule has 0 unspecified atom stereocenters. The van der Waals surface area contributed by atoms with Gasteiger partial charge in [-0.1, -0.05) is 30.3 Å². The van der Waals surface area contributed by atoms with Crippen molar-refractivity contribution in [2.75, 3.05) is 6.26 Å². The van der Waals surface area contributed by atoms with Gasteiger partial charge in [-0.15, -0.1) is 0 Å². The predicted octanol–water partition coefficient (Wildman–Crippen LogP) is 2.73. The number of rotatable bonds is 5. The molecule has 4 nitrogen and oxygen atoms in total. The van der Waals surface area contributed by atoms with Crippen LogP contribution in [0.25, 0.3) is 0 Å². The van der Waals surface area contributed by atoms with E-state index >= 15 is 0 Å². The molecule has 0 heterocycles. The Bertz CT molecular complexity index is 784. The molecule has 0 atom stereocenters. The van der Waals surface area contributed by atoms with Crippen molar-refractivity contribution in [2.24, 2.45) is 0 Å². The molecule has 0 aliphatic rings. The molecule has 0 spiro atoms. The highest BCUT2D eigenvalue weighted by Gasteiger charge is 2.11. The number of sulfone groups is 1. The molecule has 6 heteroatoms. The van der Waals surface area contributed by atoms with Crippen LogP contribution in [0.15, 0.2) is 48.5 Å². The first-order chi connectivity index (χ1) is 10.3. The second-order valence-corrected chi connectivity index (χ2v) is 7.08. The average Bonchev–Trinajstić information content (AvgIpc) is 2.44. The summed E-state index contributed by atoms with van der Waals surface area (Å²) in [5.74, 6) is -1.22. The van der Waals surface area contributed by atoms with Gasteiger partial charge in [-0.2, -0.15) is 0 Å². The molecule has 0 aliphatic carbocycles. The van der Waals surface area contributed by atoms with E-state index in [2.05, 4.69) is 0 Å². The predicted molar refractivity (Wildman–Crippen MR) is 80.5 cm³/mol. The SMILES string of the molecule is CS(=O)(=O)Cc1cccc(C(=O)OCc2ccccc2F)c1. The minimum Gasteiger partial charge on any atom is -0.457 e. The number of benzene rings is 2. The van der Waals surface area contributed by atoms with Crippen LogP contribution >= 0.6 is 0 Å². The van der Waals surface area contributed by atoms with Gasteiger partial charge in [0.2, 0.25) is 0 Å². The third-order valence-electron chi connectivity index (χ3n) is 2.91. The van der Waals surface area contributed by atoms with Crippen LogP contribution in [0.1, 0.15) is 21.5 Å².